The molecule has 126 valence electrons. The highest BCUT2D eigenvalue weighted by Gasteiger charge is 2.23. The summed E-state index contributed by atoms with van der Waals surface area (Å²) in [6, 6.07) is 11.8. The van der Waals surface area contributed by atoms with Crippen molar-refractivity contribution in [2.45, 2.75) is 33.1 Å². The molecule has 0 atom stereocenters. The van der Waals surface area contributed by atoms with Crippen LogP contribution in [0.15, 0.2) is 36.4 Å². The van der Waals surface area contributed by atoms with Gasteiger partial charge in [0.25, 0.3) is 0 Å². The summed E-state index contributed by atoms with van der Waals surface area (Å²) in [5, 5.41) is 0. The van der Waals surface area contributed by atoms with Crippen molar-refractivity contribution in [3.63, 3.8) is 0 Å². The third-order valence-corrected chi connectivity index (χ3v) is 4.65. The van der Waals surface area contributed by atoms with Crippen LogP contribution in [0.2, 0.25) is 0 Å². The molecule has 0 fully saturated rings. The van der Waals surface area contributed by atoms with Crippen molar-refractivity contribution < 1.29 is 9.53 Å². The molecule has 0 saturated heterocycles. The maximum atomic E-state index is 12.6. The number of nitrogens with zero attached hydrogens (tertiary/aromatic N) is 1. The summed E-state index contributed by atoms with van der Waals surface area (Å²) in [5.74, 6) is 0.902. The Bertz CT molecular complexity index is 755. The number of fused-ring (bicyclic) bond motifs is 1. The lowest BCUT2D eigenvalue weighted by Gasteiger charge is -2.30. The van der Waals surface area contributed by atoms with E-state index in [1.54, 1.807) is 0 Å². The smallest absolute Gasteiger partial charge is 0.230 e. The Morgan fingerprint density at radius 1 is 1.21 bits per heavy atom. The highest BCUT2D eigenvalue weighted by Crippen LogP contribution is 2.31. The minimum atomic E-state index is 0.0883. The van der Waals surface area contributed by atoms with Crippen molar-refractivity contribution in [2.24, 2.45) is 0 Å². The number of carbonyl (C=O) groups is 1. The largest absolute Gasteiger partial charge is 0.493 e. The van der Waals surface area contributed by atoms with E-state index < -0.39 is 0 Å². The van der Waals surface area contributed by atoms with E-state index in [-0.39, 0.29) is 5.91 Å². The van der Waals surface area contributed by atoms with Gasteiger partial charge in [-0.25, -0.2) is 0 Å². The second-order valence-electron chi connectivity index (χ2n) is 6.34. The van der Waals surface area contributed by atoms with Gasteiger partial charge in [0.15, 0.2) is 0 Å². The minimum absolute atomic E-state index is 0.0883. The zero-order chi connectivity index (χ0) is 17.1. The Morgan fingerprint density at radius 3 is 2.83 bits per heavy atom. The normalized spacial score (nSPS) is 13.5. The molecule has 0 saturated carbocycles. The van der Waals surface area contributed by atoms with Crippen LogP contribution in [0.25, 0.3) is 0 Å². The van der Waals surface area contributed by atoms with E-state index in [1.807, 2.05) is 41.3 Å². The van der Waals surface area contributed by atoms with Gasteiger partial charge in [-0.2, -0.15) is 0 Å². The minimum Gasteiger partial charge on any atom is -0.493 e. The molecule has 2 aromatic carbocycles. The van der Waals surface area contributed by atoms with Gasteiger partial charge < -0.3 is 15.4 Å². The summed E-state index contributed by atoms with van der Waals surface area (Å²) in [7, 11) is 0. The number of hydrogen-bond donors (Lipinski definition) is 1. The number of carbonyl (C=O) groups excluding carboxylic acids is 1. The Kier molecular flexibility index (Phi) is 4.74. The van der Waals surface area contributed by atoms with E-state index in [9.17, 15) is 4.79 Å². The van der Waals surface area contributed by atoms with Crippen LogP contribution in [0, 0.1) is 13.8 Å². The molecule has 1 amide bonds. The van der Waals surface area contributed by atoms with Crippen LogP contribution in [0.3, 0.4) is 0 Å². The lowest BCUT2D eigenvalue weighted by atomic mass is 9.99. The van der Waals surface area contributed by atoms with Crippen LogP contribution in [-0.2, 0) is 11.2 Å². The summed E-state index contributed by atoms with van der Waals surface area (Å²) in [6.07, 6.45) is 2.25. The Morgan fingerprint density at radius 2 is 2.04 bits per heavy atom. The summed E-state index contributed by atoms with van der Waals surface area (Å²) in [5.41, 5.74) is 11.3. The fourth-order valence-electron chi connectivity index (χ4n) is 3.11. The van der Waals surface area contributed by atoms with Crippen molar-refractivity contribution >= 4 is 17.3 Å². The number of hydrogen-bond acceptors (Lipinski definition) is 3. The fourth-order valence-corrected chi connectivity index (χ4v) is 3.11. The monoisotopic (exact) mass is 324 g/mol. The first-order valence-corrected chi connectivity index (χ1v) is 8.44. The Labute approximate surface area is 143 Å². The molecule has 24 heavy (non-hydrogen) atoms. The molecule has 2 aromatic rings. The molecule has 0 unspecified atom stereocenters. The highest BCUT2D eigenvalue weighted by molar-refractivity contribution is 5.95. The highest BCUT2D eigenvalue weighted by atomic mass is 16.5. The molecule has 1 heterocycles. The van der Waals surface area contributed by atoms with E-state index >= 15 is 0 Å². The van der Waals surface area contributed by atoms with Crippen molar-refractivity contribution in [1.82, 2.24) is 0 Å². The van der Waals surface area contributed by atoms with Crippen LogP contribution in [-0.4, -0.2) is 19.1 Å². The summed E-state index contributed by atoms with van der Waals surface area (Å²) >= 11 is 0. The number of nitrogen functional groups attached to an aromatic ring is 1. The van der Waals surface area contributed by atoms with Crippen molar-refractivity contribution in [3.8, 4) is 5.75 Å². The van der Waals surface area contributed by atoms with Gasteiger partial charge in [0.2, 0.25) is 5.91 Å². The standard InChI is InChI=1S/C20H24N2O2/c1-14-8-9-16(13-15(14)2)24-12-10-20(23)22-11-4-5-17-18(21)6-3-7-19(17)22/h3,6-9,13H,4-5,10-12,21H2,1-2H3. The fraction of sp³-hybridized carbons (Fsp3) is 0.350. The first-order valence-electron chi connectivity index (χ1n) is 8.44. The number of anilines is 2. The number of benzene rings is 2. The van der Waals surface area contributed by atoms with Gasteiger partial charge in [0, 0.05) is 17.9 Å². The lowest BCUT2D eigenvalue weighted by Crippen LogP contribution is -2.36. The first-order chi connectivity index (χ1) is 11.6. The summed E-state index contributed by atoms with van der Waals surface area (Å²) in [6.45, 7) is 5.26. The van der Waals surface area contributed by atoms with Gasteiger partial charge in [0.05, 0.1) is 13.0 Å². The quantitative estimate of drug-likeness (QED) is 0.874. The molecule has 4 heteroatoms. The van der Waals surface area contributed by atoms with Crippen molar-refractivity contribution in [2.75, 3.05) is 23.8 Å². The molecule has 3 rings (SSSR count). The van der Waals surface area contributed by atoms with Gasteiger partial charge in [-0.15, -0.1) is 0 Å². The van der Waals surface area contributed by atoms with Crippen molar-refractivity contribution in [1.29, 1.82) is 0 Å². The van der Waals surface area contributed by atoms with Crippen LogP contribution in [0.4, 0.5) is 11.4 Å². The lowest BCUT2D eigenvalue weighted by molar-refractivity contribution is -0.119. The number of rotatable bonds is 4. The molecule has 0 bridgehead atoms. The second-order valence-corrected chi connectivity index (χ2v) is 6.34. The van der Waals surface area contributed by atoms with E-state index in [4.69, 9.17) is 10.5 Å². The molecule has 1 aliphatic heterocycles. The van der Waals surface area contributed by atoms with Crippen LogP contribution in [0.5, 0.6) is 5.75 Å². The number of nitrogens with two attached hydrogens (primary N) is 1. The molecular weight excluding hydrogens is 300 g/mol. The third-order valence-electron chi connectivity index (χ3n) is 4.65. The maximum Gasteiger partial charge on any atom is 0.230 e. The molecule has 0 radical (unpaired) electrons. The van der Waals surface area contributed by atoms with Crippen LogP contribution < -0.4 is 15.4 Å². The van der Waals surface area contributed by atoms with Gasteiger partial charge >= 0.3 is 0 Å². The van der Waals surface area contributed by atoms with E-state index in [2.05, 4.69) is 13.8 Å². The summed E-state index contributed by atoms with van der Waals surface area (Å²) in [4.78, 5) is 14.4. The number of amides is 1. The zero-order valence-corrected chi connectivity index (χ0v) is 14.3. The topological polar surface area (TPSA) is 55.6 Å². The molecule has 2 N–H and O–H groups in total. The predicted octanol–water partition coefficient (Wildman–Crippen LogP) is 3.63. The van der Waals surface area contributed by atoms with Gasteiger partial charge in [-0.1, -0.05) is 12.1 Å². The molecular formula is C20H24N2O2. The van der Waals surface area contributed by atoms with Crippen LogP contribution >= 0.6 is 0 Å². The third kappa shape index (κ3) is 3.37. The van der Waals surface area contributed by atoms with Crippen LogP contribution in [0.1, 0.15) is 29.5 Å². The van der Waals surface area contributed by atoms with E-state index in [1.165, 1.54) is 11.1 Å². The predicted molar refractivity (Wildman–Crippen MR) is 97.6 cm³/mol. The Hall–Kier alpha value is -2.49. The van der Waals surface area contributed by atoms with Gasteiger partial charge in [-0.3, -0.25) is 4.79 Å². The van der Waals surface area contributed by atoms with E-state index in [0.717, 1.165) is 42.1 Å². The molecule has 0 spiro atoms. The molecule has 4 nitrogen and oxygen atoms in total. The van der Waals surface area contributed by atoms with Gasteiger partial charge in [0.1, 0.15) is 5.75 Å². The average molecular weight is 324 g/mol. The molecule has 1 aliphatic rings. The van der Waals surface area contributed by atoms with E-state index in [0.29, 0.717) is 13.0 Å². The molecule has 0 aromatic heterocycles. The number of ether oxygens (including phenoxy) is 1. The SMILES string of the molecule is Cc1ccc(OCCC(=O)N2CCCc3c(N)cccc32)cc1C. The maximum absolute atomic E-state index is 12.6. The summed E-state index contributed by atoms with van der Waals surface area (Å²) < 4.78 is 5.74. The average Bonchev–Trinajstić information content (AvgIpc) is 2.58. The zero-order valence-electron chi connectivity index (χ0n) is 14.3. The van der Waals surface area contributed by atoms with Gasteiger partial charge in [-0.05, 0) is 67.6 Å². The second kappa shape index (κ2) is 6.95. The van der Waals surface area contributed by atoms with Crippen molar-refractivity contribution in [3.05, 3.63) is 53.1 Å². The number of aryl methyl sites for hydroxylation is 2. The Balaban J connectivity index is 1.62. The first kappa shape index (κ1) is 16.4. The molecule has 0 aliphatic carbocycles.